The second-order valence-electron chi connectivity index (χ2n) is 5.64. The Hall–Kier alpha value is -1.91. The molecule has 2 heterocycles. The summed E-state index contributed by atoms with van der Waals surface area (Å²) in [4.78, 5) is 16.9. The molecule has 2 aromatic heterocycles. The molecule has 1 atom stereocenters. The molecule has 1 fully saturated rings. The summed E-state index contributed by atoms with van der Waals surface area (Å²) in [6.45, 7) is 6.15. The molecule has 1 amide bonds. The predicted octanol–water partition coefficient (Wildman–Crippen LogP) is 2.60. The molecule has 0 aromatic carbocycles. The number of carbonyl (C=O) groups excluding carboxylic acids is 1. The lowest BCUT2D eigenvalue weighted by Crippen LogP contribution is -2.25. The van der Waals surface area contributed by atoms with Crippen molar-refractivity contribution in [2.24, 2.45) is 0 Å². The molecule has 20 heavy (non-hydrogen) atoms. The number of rotatable bonds is 4. The van der Waals surface area contributed by atoms with Crippen LogP contribution in [0, 0.1) is 6.92 Å². The third-order valence-electron chi connectivity index (χ3n) is 3.86. The van der Waals surface area contributed by atoms with Crippen LogP contribution in [0.4, 0.5) is 0 Å². The lowest BCUT2D eigenvalue weighted by atomic mass is 10.1. The molecule has 1 saturated carbocycles. The Kier molecular flexibility index (Phi) is 3.20. The van der Waals surface area contributed by atoms with Crippen molar-refractivity contribution in [2.45, 2.75) is 52.1 Å². The maximum atomic E-state index is 12.3. The minimum atomic E-state index is -0.00768. The molecule has 0 bridgehead atoms. The lowest BCUT2D eigenvalue weighted by Gasteiger charge is -2.11. The van der Waals surface area contributed by atoms with E-state index in [-0.39, 0.29) is 11.9 Å². The van der Waals surface area contributed by atoms with Crippen LogP contribution in [0.25, 0.3) is 11.0 Å². The van der Waals surface area contributed by atoms with E-state index in [2.05, 4.69) is 29.2 Å². The highest BCUT2D eigenvalue weighted by atomic mass is 16.1. The van der Waals surface area contributed by atoms with Gasteiger partial charge in [-0.2, -0.15) is 5.10 Å². The Morgan fingerprint density at radius 2 is 2.30 bits per heavy atom. The van der Waals surface area contributed by atoms with Crippen molar-refractivity contribution in [1.82, 2.24) is 20.1 Å². The fraction of sp³-hybridized carbons (Fsp3) is 0.533. The van der Waals surface area contributed by atoms with Gasteiger partial charge in [-0.3, -0.25) is 4.79 Å². The largest absolute Gasteiger partial charge is 0.349 e. The molecule has 0 saturated heterocycles. The van der Waals surface area contributed by atoms with E-state index in [1.54, 1.807) is 6.20 Å². The van der Waals surface area contributed by atoms with Gasteiger partial charge in [0.2, 0.25) is 0 Å². The number of nitrogens with one attached hydrogen (secondary N) is 1. The smallest absolute Gasteiger partial charge is 0.252 e. The van der Waals surface area contributed by atoms with E-state index >= 15 is 0 Å². The number of hydrogen-bond donors (Lipinski definition) is 1. The van der Waals surface area contributed by atoms with Crippen LogP contribution in [0.5, 0.6) is 0 Å². The summed E-state index contributed by atoms with van der Waals surface area (Å²) in [5.41, 5.74) is 2.35. The maximum Gasteiger partial charge on any atom is 0.252 e. The Balaban J connectivity index is 2.07. The van der Waals surface area contributed by atoms with Crippen molar-refractivity contribution in [3.05, 3.63) is 23.5 Å². The van der Waals surface area contributed by atoms with E-state index in [4.69, 9.17) is 0 Å². The topological polar surface area (TPSA) is 59.8 Å². The second kappa shape index (κ2) is 4.89. The first-order valence-corrected chi connectivity index (χ1v) is 7.26. The van der Waals surface area contributed by atoms with Crippen LogP contribution < -0.4 is 5.32 Å². The molecule has 1 aliphatic rings. The zero-order valence-electron chi connectivity index (χ0n) is 12.2. The molecule has 0 radical (unpaired) electrons. The van der Waals surface area contributed by atoms with Gasteiger partial charge in [-0.05, 0) is 39.2 Å². The summed E-state index contributed by atoms with van der Waals surface area (Å²) in [5, 5.41) is 8.30. The highest BCUT2D eigenvalue weighted by molar-refractivity contribution is 6.05. The zero-order valence-corrected chi connectivity index (χ0v) is 12.2. The van der Waals surface area contributed by atoms with Gasteiger partial charge < -0.3 is 5.32 Å². The summed E-state index contributed by atoms with van der Waals surface area (Å²) >= 11 is 0. The van der Waals surface area contributed by atoms with Crippen LogP contribution in [0.2, 0.25) is 0 Å². The number of fused-ring (bicyclic) bond motifs is 1. The van der Waals surface area contributed by atoms with Crippen LogP contribution in [0.15, 0.2) is 12.3 Å². The minimum absolute atomic E-state index is 0.00768. The summed E-state index contributed by atoms with van der Waals surface area (Å²) in [7, 11) is 0. The molecule has 0 spiro atoms. The average molecular weight is 272 g/mol. The SMILES string of the molecule is CCC(C)n1ncc2c(C(=O)NC3CC3)cc(C)nc21. The Morgan fingerprint density at radius 1 is 1.55 bits per heavy atom. The molecule has 3 rings (SSSR count). The van der Waals surface area contributed by atoms with Gasteiger partial charge in [0.25, 0.3) is 5.91 Å². The molecule has 5 heteroatoms. The van der Waals surface area contributed by atoms with Crippen molar-refractivity contribution in [3.63, 3.8) is 0 Å². The van der Waals surface area contributed by atoms with Gasteiger partial charge in [0.05, 0.1) is 23.2 Å². The van der Waals surface area contributed by atoms with E-state index in [9.17, 15) is 4.79 Å². The number of pyridine rings is 1. The van der Waals surface area contributed by atoms with Crippen molar-refractivity contribution in [1.29, 1.82) is 0 Å². The monoisotopic (exact) mass is 272 g/mol. The second-order valence-corrected chi connectivity index (χ2v) is 5.64. The first-order chi connectivity index (χ1) is 9.60. The normalized spacial score (nSPS) is 16.4. The van der Waals surface area contributed by atoms with Crippen molar-refractivity contribution in [2.75, 3.05) is 0 Å². The number of hydrogen-bond acceptors (Lipinski definition) is 3. The fourth-order valence-corrected chi connectivity index (χ4v) is 2.32. The third kappa shape index (κ3) is 2.28. The Labute approximate surface area is 118 Å². The minimum Gasteiger partial charge on any atom is -0.349 e. The number of nitrogens with zero attached hydrogens (tertiary/aromatic N) is 3. The van der Waals surface area contributed by atoms with Crippen molar-refractivity contribution < 1.29 is 4.79 Å². The summed E-state index contributed by atoms with van der Waals surface area (Å²) in [6, 6.07) is 2.49. The van der Waals surface area contributed by atoms with Crippen LogP contribution in [0.3, 0.4) is 0 Å². The van der Waals surface area contributed by atoms with Gasteiger partial charge in [0, 0.05) is 11.7 Å². The molecule has 106 valence electrons. The maximum absolute atomic E-state index is 12.3. The van der Waals surface area contributed by atoms with Crippen LogP contribution >= 0.6 is 0 Å². The fourth-order valence-electron chi connectivity index (χ4n) is 2.32. The van der Waals surface area contributed by atoms with Crippen molar-refractivity contribution >= 4 is 16.9 Å². The van der Waals surface area contributed by atoms with Crippen LogP contribution in [-0.2, 0) is 0 Å². The Morgan fingerprint density at radius 3 is 2.95 bits per heavy atom. The van der Waals surface area contributed by atoms with E-state index in [0.717, 1.165) is 36.0 Å². The molecule has 1 unspecified atom stereocenters. The van der Waals surface area contributed by atoms with Gasteiger partial charge in [-0.1, -0.05) is 6.92 Å². The Bertz CT molecular complexity index is 657. The van der Waals surface area contributed by atoms with E-state index in [1.165, 1.54) is 0 Å². The van der Waals surface area contributed by atoms with Crippen molar-refractivity contribution in [3.8, 4) is 0 Å². The highest BCUT2D eigenvalue weighted by Gasteiger charge is 2.25. The summed E-state index contributed by atoms with van der Waals surface area (Å²) in [6.07, 6.45) is 4.92. The van der Waals surface area contributed by atoms with Gasteiger partial charge in [0.15, 0.2) is 5.65 Å². The number of aryl methyl sites for hydroxylation is 1. The average Bonchev–Trinajstić information content (AvgIpc) is 3.14. The van der Waals surface area contributed by atoms with E-state index in [1.807, 2.05) is 17.7 Å². The predicted molar refractivity (Wildman–Crippen MR) is 77.8 cm³/mol. The molecule has 0 aliphatic heterocycles. The van der Waals surface area contributed by atoms with E-state index < -0.39 is 0 Å². The first kappa shape index (κ1) is 13.1. The standard InChI is InChI=1S/C15H20N4O/c1-4-10(3)19-14-13(8-16-19)12(7-9(2)17-14)15(20)18-11-5-6-11/h7-8,10-11H,4-6H2,1-3H3,(H,18,20). The molecule has 5 nitrogen and oxygen atoms in total. The van der Waals surface area contributed by atoms with Crippen LogP contribution in [0.1, 0.15) is 55.2 Å². The molecule has 2 aromatic rings. The first-order valence-electron chi connectivity index (χ1n) is 7.26. The number of aromatic nitrogens is 3. The van der Waals surface area contributed by atoms with Gasteiger partial charge in [0.1, 0.15) is 0 Å². The van der Waals surface area contributed by atoms with E-state index in [0.29, 0.717) is 11.6 Å². The summed E-state index contributed by atoms with van der Waals surface area (Å²) < 4.78 is 1.91. The molecule has 1 N–H and O–H groups in total. The van der Waals surface area contributed by atoms with Gasteiger partial charge >= 0.3 is 0 Å². The van der Waals surface area contributed by atoms with Gasteiger partial charge in [-0.15, -0.1) is 0 Å². The number of carbonyl (C=O) groups is 1. The lowest BCUT2D eigenvalue weighted by molar-refractivity contribution is 0.0952. The molecular formula is C15H20N4O. The zero-order chi connectivity index (χ0) is 14.3. The quantitative estimate of drug-likeness (QED) is 0.930. The number of amides is 1. The van der Waals surface area contributed by atoms with Gasteiger partial charge in [-0.25, -0.2) is 9.67 Å². The third-order valence-corrected chi connectivity index (χ3v) is 3.86. The van der Waals surface area contributed by atoms with Crippen LogP contribution in [-0.4, -0.2) is 26.7 Å². The summed E-state index contributed by atoms with van der Waals surface area (Å²) in [5.74, 6) is -0.00768. The highest BCUT2D eigenvalue weighted by Crippen LogP contribution is 2.24. The molecular weight excluding hydrogens is 252 g/mol. The molecule has 1 aliphatic carbocycles.